The van der Waals surface area contributed by atoms with Gasteiger partial charge in [-0.05, 0) is 6.54 Å². The van der Waals surface area contributed by atoms with Gasteiger partial charge in [0.1, 0.15) is 12.1 Å². The lowest BCUT2D eigenvalue weighted by molar-refractivity contribution is 0.532. The Hall–Kier alpha value is -1.85. The Bertz CT molecular complexity index is 367. The summed E-state index contributed by atoms with van der Waals surface area (Å²) in [5.41, 5.74) is 0. The monoisotopic (exact) mass is 189 g/mol. The molecule has 5 heteroatoms. The third kappa shape index (κ3) is 2.32. The second-order valence-corrected chi connectivity index (χ2v) is 2.75. The first-order chi connectivity index (χ1) is 6.81. The summed E-state index contributed by atoms with van der Waals surface area (Å²) in [6, 6.07) is 3.81. The first kappa shape index (κ1) is 10.2. The second kappa shape index (κ2) is 5.00. The normalized spacial score (nSPS) is 11.6. The molecule has 14 heavy (non-hydrogen) atoms. The summed E-state index contributed by atoms with van der Waals surface area (Å²) in [4.78, 5) is 3.85. The van der Waals surface area contributed by atoms with Gasteiger partial charge in [0.2, 0.25) is 5.82 Å². The Labute approximate surface area is 82.6 Å². The highest BCUT2D eigenvalue weighted by molar-refractivity contribution is 5.12. The van der Waals surface area contributed by atoms with Crippen molar-refractivity contribution in [2.24, 2.45) is 0 Å². The van der Waals surface area contributed by atoms with E-state index in [1.807, 2.05) is 13.0 Å². The fourth-order valence-corrected chi connectivity index (χ4v) is 1.16. The van der Waals surface area contributed by atoms with E-state index in [2.05, 4.69) is 16.4 Å². The second-order valence-electron chi connectivity index (χ2n) is 2.75. The molecule has 0 fully saturated rings. The molecule has 0 aliphatic heterocycles. The Morgan fingerprint density at radius 2 is 2.43 bits per heavy atom. The highest BCUT2D eigenvalue weighted by Crippen LogP contribution is 1.97. The lowest BCUT2D eigenvalue weighted by atomic mass is 10.3. The van der Waals surface area contributed by atoms with Crippen molar-refractivity contribution in [2.45, 2.75) is 19.5 Å². The summed E-state index contributed by atoms with van der Waals surface area (Å²) in [6.45, 7) is 3.12. The summed E-state index contributed by atoms with van der Waals surface area (Å²) < 4.78 is 1.66. The molecule has 0 amide bonds. The van der Waals surface area contributed by atoms with E-state index in [0.717, 1.165) is 6.54 Å². The molecule has 72 valence electrons. The van der Waals surface area contributed by atoms with Crippen molar-refractivity contribution in [1.29, 1.82) is 10.5 Å². The maximum absolute atomic E-state index is 8.79. The standard InChI is InChI=1S/C9H11N5/c1-2-12-8(5-10)7-14-4-3-13-9(14)6-11/h3-4,8,12H,2,7H2,1H3. The van der Waals surface area contributed by atoms with Crippen molar-refractivity contribution in [3.63, 3.8) is 0 Å². The topological polar surface area (TPSA) is 77.4 Å². The molecule has 1 aromatic rings. The van der Waals surface area contributed by atoms with Crippen LogP contribution in [-0.2, 0) is 6.54 Å². The average Bonchev–Trinajstić information content (AvgIpc) is 2.64. The Morgan fingerprint density at radius 1 is 1.64 bits per heavy atom. The van der Waals surface area contributed by atoms with E-state index in [9.17, 15) is 0 Å². The highest BCUT2D eigenvalue weighted by atomic mass is 15.1. The van der Waals surface area contributed by atoms with Gasteiger partial charge in [-0.25, -0.2) is 4.98 Å². The predicted molar refractivity (Wildman–Crippen MR) is 50.0 cm³/mol. The molecule has 0 bridgehead atoms. The zero-order valence-electron chi connectivity index (χ0n) is 7.94. The molecule has 1 N–H and O–H groups in total. The zero-order chi connectivity index (χ0) is 10.4. The maximum Gasteiger partial charge on any atom is 0.212 e. The van der Waals surface area contributed by atoms with Crippen molar-refractivity contribution in [3.8, 4) is 12.1 Å². The number of nitriles is 2. The van der Waals surface area contributed by atoms with Crippen LogP contribution in [0.5, 0.6) is 0 Å². The van der Waals surface area contributed by atoms with E-state index >= 15 is 0 Å². The maximum atomic E-state index is 8.79. The number of imidazole rings is 1. The van der Waals surface area contributed by atoms with Gasteiger partial charge in [0.25, 0.3) is 0 Å². The van der Waals surface area contributed by atoms with Gasteiger partial charge in [0.05, 0.1) is 12.6 Å². The molecule has 1 atom stereocenters. The molecule has 0 aromatic carbocycles. The molecule has 0 saturated heterocycles. The van der Waals surface area contributed by atoms with Crippen molar-refractivity contribution in [1.82, 2.24) is 14.9 Å². The van der Waals surface area contributed by atoms with E-state index < -0.39 is 0 Å². The van der Waals surface area contributed by atoms with Crippen LogP contribution in [0.15, 0.2) is 12.4 Å². The number of aromatic nitrogens is 2. The SMILES string of the molecule is CCNC(C#N)Cn1ccnc1C#N. The van der Waals surface area contributed by atoms with Crippen LogP contribution in [-0.4, -0.2) is 22.1 Å². The first-order valence-corrected chi connectivity index (χ1v) is 4.36. The van der Waals surface area contributed by atoms with E-state index in [0.29, 0.717) is 12.4 Å². The number of hydrogen-bond donors (Lipinski definition) is 1. The van der Waals surface area contributed by atoms with Crippen LogP contribution in [0.3, 0.4) is 0 Å². The van der Waals surface area contributed by atoms with Crippen LogP contribution in [0.25, 0.3) is 0 Å². The van der Waals surface area contributed by atoms with Crippen molar-refractivity contribution < 1.29 is 0 Å². The van der Waals surface area contributed by atoms with E-state index in [-0.39, 0.29) is 6.04 Å². The van der Waals surface area contributed by atoms with Gasteiger partial charge < -0.3 is 9.88 Å². The van der Waals surface area contributed by atoms with Gasteiger partial charge >= 0.3 is 0 Å². The molecule has 5 nitrogen and oxygen atoms in total. The van der Waals surface area contributed by atoms with Crippen molar-refractivity contribution in [2.75, 3.05) is 6.54 Å². The molecule has 1 rings (SSSR count). The first-order valence-electron chi connectivity index (χ1n) is 4.36. The molecule has 0 saturated carbocycles. The summed E-state index contributed by atoms with van der Waals surface area (Å²) in [6.07, 6.45) is 3.25. The van der Waals surface area contributed by atoms with Gasteiger partial charge in [0, 0.05) is 12.4 Å². The Balaban J connectivity index is 2.69. The molecule has 0 spiro atoms. The third-order valence-corrected chi connectivity index (χ3v) is 1.80. The Kier molecular flexibility index (Phi) is 3.66. The van der Waals surface area contributed by atoms with Gasteiger partial charge in [-0.2, -0.15) is 10.5 Å². The molecule has 1 aromatic heterocycles. The molecule has 1 heterocycles. The van der Waals surface area contributed by atoms with E-state index in [1.165, 1.54) is 0 Å². The van der Waals surface area contributed by atoms with Gasteiger partial charge in [-0.15, -0.1) is 0 Å². The summed E-state index contributed by atoms with van der Waals surface area (Å²) in [5, 5.41) is 20.5. The van der Waals surface area contributed by atoms with Crippen molar-refractivity contribution >= 4 is 0 Å². The molecule has 0 aliphatic rings. The van der Waals surface area contributed by atoms with Gasteiger partial charge in [-0.1, -0.05) is 6.92 Å². The molecular formula is C9H11N5. The predicted octanol–water partition coefficient (Wildman–Crippen LogP) is 0.256. The summed E-state index contributed by atoms with van der Waals surface area (Å²) in [5.74, 6) is 0.336. The summed E-state index contributed by atoms with van der Waals surface area (Å²) >= 11 is 0. The number of nitrogens with one attached hydrogen (secondary N) is 1. The fraction of sp³-hybridized carbons (Fsp3) is 0.444. The lowest BCUT2D eigenvalue weighted by Crippen LogP contribution is -2.31. The largest absolute Gasteiger partial charge is 0.320 e. The smallest absolute Gasteiger partial charge is 0.212 e. The Morgan fingerprint density at radius 3 is 3.00 bits per heavy atom. The minimum absolute atomic E-state index is 0.277. The van der Waals surface area contributed by atoms with Gasteiger partial charge in [-0.3, -0.25) is 0 Å². The number of likely N-dealkylation sites (N-methyl/N-ethyl adjacent to an activating group) is 1. The molecular weight excluding hydrogens is 178 g/mol. The van der Waals surface area contributed by atoms with Crippen LogP contribution >= 0.6 is 0 Å². The third-order valence-electron chi connectivity index (χ3n) is 1.80. The van der Waals surface area contributed by atoms with Gasteiger partial charge in [0.15, 0.2) is 0 Å². The minimum atomic E-state index is -0.277. The number of hydrogen-bond acceptors (Lipinski definition) is 4. The molecule has 1 unspecified atom stereocenters. The fourth-order valence-electron chi connectivity index (χ4n) is 1.16. The average molecular weight is 189 g/mol. The number of rotatable bonds is 4. The number of nitrogens with zero attached hydrogens (tertiary/aromatic N) is 4. The summed E-state index contributed by atoms with van der Waals surface area (Å²) in [7, 11) is 0. The van der Waals surface area contributed by atoms with Crippen LogP contribution in [0.4, 0.5) is 0 Å². The molecule has 0 radical (unpaired) electrons. The van der Waals surface area contributed by atoms with Crippen LogP contribution in [0.2, 0.25) is 0 Å². The van der Waals surface area contributed by atoms with Crippen LogP contribution in [0.1, 0.15) is 12.7 Å². The lowest BCUT2D eigenvalue weighted by Gasteiger charge is -2.10. The zero-order valence-corrected chi connectivity index (χ0v) is 7.94. The minimum Gasteiger partial charge on any atom is -0.320 e. The van der Waals surface area contributed by atoms with Crippen LogP contribution < -0.4 is 5.32 Å². The van der Waals surface area contributed by atoms with E-state index in [4.69, 9.17) is 10.5 Å². The van der Waals surface area contributed by atoms with Crippen LogP contribution in [0, 0.1) is 22.7 Å². The van der Waals surface area contributed by atoms with E-state index in [1.54, 1.807) is 17.0 Å². The highest BCUT2D eigenvalue weighted by Gasteiger charge is 2.08. The molecule has 0 aliphatic carbocycles. The van der Waals surface area contributed by atoms with Crippen molar-refractivity contribution in [3.05, 3.63) is 18.2 Å². The quantitative estimate of drug-likeness (QED) is 0.736.